The van der Waals surface area contributed by atoms with E-state index in [1.807, 2.05) is 61.5 Å². The fourth-order valence-corrected chi connectivity index (χ4v) is 2.68. The third-order valence-electron chi connectivity index (χ3n) is 4.01. The minimum Gasteiger partial charge on any atom is -0.507 e. The summed E-state index contributed by atoms with van der Waals surface area (Å²) in [5, 5.41) is 20.2. The van der Waals surface area contributed by atoms with Crippen LogP contribution in [0.2, 0.25) is 0 Å². The van der Waals surface area contributed by atoms with Gasteiger partial charge in [-0.2, -0.15) is 0 Å². The zero-order chi connectivity index (χ0) is 17.2. The molecule has 0 aliphatic heterocycles. The lowest BCUT2D eigenvalue weighted by atomic mass is 10.1. The first-order valence-electron chi connectivity index (χ1n) is 7.93. The predicted octanol–water partition coefficient (Wildman–Crippen LogP) is 4.48. The highest BCUT2D eigenvalue weighted by atomic mass is 16.5. The smallest absolute Gasteiger partial charge is 0.254 e. The molecule has 0 bridgehead atoms. The predicted molar refractivity (Wildman–Crippen MR) is 94.4 cm³/mol. The maximum atomic E-state index is 10.3. The van der Waals surface area contributed by atoms with Gasteiger partial charge in [0.1, 0.15) is 11.5 Å². The van der Waals surface area contributed by atoms with Crippen molar-refractivity contribution in [2.24, 2.45) is 0 Å². The van der Waals surface area contributed by atoms with E-state index in [0.29, 0.717) is 11.5 Å². The van der Waals surface area contributed by atoms with Crippen LogP contribution in [0.1, 0.15) is 11.5 Å². The van der Waals surface area contributed by atoms with Gasteiger partial charge < -0.3 is 14.3 Å². The van der Waals surface area contributed by atoms with E-state index in [4.69, 9.17) is 9.15 Å². The zero-order valence-electron chi connectivity index (χ0n) is 13.6. The van der Waals surface area contributed by atoms with Crippen LogP contribution in [0, 0.1) is 6.92 Å². The third kappa shape index (κ3) is 3.04. The summed E-state index contributed by atoms with van der Waals surface area (Å²) in [5.41, 5.74) is 1.54. The Balaban J connectivity index is 1.59. The van der Waals surface area contributed by atoms with Gasteiger partial charge in [0.05, 0.1) is 5.56 Å². The number of nitrogens with zero attached hydrogens (tertiary/aromatic N) is 2. The van der Waals surface area contributed by atoms with Crippen LogP contribution in [-0.4, -0.2) is 15.3 Å². The number of hydrogen-bond donors (Lipinski definition) is 1. The number of phenolic OH excluding ortho intramolecular Hbond substituents is 1. The maximum Gasteiger partial charge on any atom is 0.254 e. The Morgan fingerprint density at radius 3 is 2.48 bits per heavy atom. The first-order valence-corrected chi connectivity index (χ1v) is 7.93. The monoisotopic (exact) mass is 332 g/mol. The Hall–Kier alpha value is -3.34. The normalized spacial score (nSPS) is 10.9. The van der Waals surface area contributed by atoms with Crippen molar-refractivity contribution in [1.29, 1.82) is 0 Å². The largest absolute Gasteiger partial charge is 0.507 e. The molecule has 5 heteroatoms. The van der Waals surface area contributed by atoms with E-state index < -0.39 is 0 Å². The average molecular weight is 332 g/mol. The number of aromatic hydroxyl groups is 1. The maximum absolute atomic E-state index is 10.3. The number of fused-ring (bicyclic) bond motifs is 1. The van der Waals surface area contributed by atoms with Gasteiger partial charge in [-0.1, -0.05) is 42.5 Å². The molecule has 0 unspecified atom stereocenters. The zero-order valence-corrected chi connectivity index (χ0v) is 13.6. The second-order valence-electron chi connectivity index (χ2n) is 5.77. The number of hydrogen-bond acceptors (Lipinski definition) is 5. The number of benzene rings is 3. The molecule has 124 valence electrons. The molecule has 4 aromatic rings. The Morgan fingerprint density at radius 2 is 1.68 bits per heavy atom. The Labute approximate surface area is 144 Å². The molecule has 0 spiro atoms. The SMILES string of the molecule is Cc1ccccc1OCc1nnc(-c2cc3ccccc3cc2O)o1. The van der Waals surface area contributed by atoms with Crippen molar-refractivity contribution in [3.05, 3.63) is 72.1 Å². The minimum atomic E-state index is 0.105. The highest BCUT2D eigenvalue weighted by molar-refractivity contribution is 5.89. The summed E-state index contributed by atoms with van der Waals surface area (Å²) in [7, 11) is 0. The summed E-state index contributed by atoms with van der Waals surface area (Å²) in [6.45, 7) is 2.15. The van der Waals surface area contributed by atoms with Crippen LogP contribution in [-0.2, 0) is 6.61 Å². The van der Waals surface area contributed by atoms with Crippen LogP contribution in [0.5, 0.6) is 11.5 Å². The van der Waals surface area contributed by atoms with Gasteiger partial charge in [0.25, 0.3) is 11.8 Å². The molecular formula is C20H16N2O3. The number of ether oxygens (including phenoxy) is 1. The molecule has 3 aromatic carbocycles. The van der Waals surface area contributed by atoms with E-state index in [9.17, 15) is 5.11 Å². The van der Waals surface area contributed by atoms with Crippen molar-refractivity contribution in [2.75, 3.05) is 0 Å². The molecule has 0 atom stereocenters. The van der Waals surface area contributed by atoms with Gasteiger partial charge in [0.15, 0.2) is 6.61 Å². The lowest BCUT2D eigenvalue weighted by Gasteiger charge is -2.06. The summed E-state index contributed by atoms with van der Waals surface area (Å²) in [6.07, 6.45) is 0. The minimum absolute atomic E-state index is 0.105. The van der Waals surface area contributed by atoms with Crippen molar-refractivity contribution in [2.45, 2.75) is 13.5 Å². The topological polar surface area (TPSA) is 68.4 Å². The fraction of sp³-hybridized carbons (Fsp3) is 0.100. The molecule has 1 aromatic heterocycles. The van der Waals surface area contributed by atoms with Crippen LogP contribution in [0.25, 0.3) is 22.2 Å². The number of para-hydroxylation sites is 1. The molecule has 0 aliphatic carbocycles. The molecule has 0 radical (unpaired) electrons. The van der Waals surface area contributed by atoms with Gasteiger partial charge in [-0.15, -0.1) is 10.2 Å². The third-order valence-corrected chi connectivity index (χ3v) is 4.01. The summed E-state index contributed by atoms with van der Waals surface area (Å²) in [4.78, 5) is 0. The quantitative estimate of drug-likeness (QED) is 0.596. The van der Waals surface area contributed by atoms with Crippen LogP contribution in [0.15, 0.2) is 65.1 Å². The molecule has 1 heterocycles. The van der Waals surface area contributed by atoms with Gasteiger partial charge >= 0.3 is 0 Å². The van der Waals surface area contributed by atoms with Crippen molar-refractivity contribution >= 4 is 10.8 Å². The molecular weight excluding hydrogens is 316 g/mol. The van der Waals surface area contributed by atoms with E-state index in [-0.39, 0.29) is 18.2 Å². The van der Waals surface area contributed by atoms with Crippen LogP contribution in [0.3, 0.4) is 0 Å². The molecule has 5 nitrogen and oxygen atoms in total. The summed E-state index contributed by atoms with van der Waals surface area (Å²) in [6, 6.07) is 19.0. The first kappa shape index (κ1) is 15.2. The summed E-state index contributed by atoms with van der Waals surface area (Å²) in [5.74, 6) is 1.50. The average Bonchev–Trinajstić information content (AvgIpc) is 3.09. The molecule has 0 aliphatic rings. The van der Waals surface area contributed by atoms with Crippen molar-refractivity contribution in [3.8, 4) is 23.0 Å². The lowest BCUT2D eigenvalue weighted by Crippen LogP contribution is -1.97. The fourth-order valence-electron chi connectivity index (χ4n) is 2.68. The first-order chi connectivity index (χ1) is 12.2. The van der Waals surface area contributed by atoms with Gasteiger partial charge in [0.2, 0.25) is 0 Å². The van der Waals surface area contributed by atoms with Crippen molar-refractivity contribution < 1.29 is 14.3 Å². The van der Waals surface area contributed by atoms with Crippen LogP contribution in [0.4, 0.5) is 0 Å². The number of aromatic nitrogens is 2. The second kappa shape index (κ2) is 6.28. The van der Waals surface area contributed by atoms with Gasteiger partial charge in [-0.3, -0.25) is 0 Å². The molecule has 0 saturated heterocycles. The van der Waals surface area contributed by atoms with E-state index in [0.717, 1.165) is 22.1 Å². The van der Waals surface area contributed by atoms with Crippen molar-refractivity contribution in [1.82, 2.24) is 10.2 Å². The van der Waals surface area contributed by atoms with Gasteiger partial charge in [0, 0.05) is 0 Å². The Bertz CT molecular complexity index is 1040. The van der Waals surface area contributed by atoms with Gasteiger partial charge in [-0.05, 0) is 41.5 Å². The lowest BCUT2D eigenvalue weighted by molar-refractivity contribution is 0.263. The van der Waals surface area contributed by atoms with E-state index in [2.05, 4.69) is 10.2 Å². The van der Waals surface area contributed by atoms with Crippen LogP contribution >= 0.6 is 0 Å². The number of phenols is 1. The van der Waals surface area contributed by atoms with E-state index in [1.54, 1.807) is 6.07 Å². The van der Waals surface area contributed by atoms with Gasteiger partial charge in [-0.25, -0.2) is 0 Å². The number of aryl methyl sites for hydroxylation is 1. The van der Waals surface area contributed by atoms with Crippen molar-refractivity contribution in [3.63, 3.8) is 0 Å². The van der Waals surface area contributed by atoms with Crippen LogP contribution < -0.4 is 4.74 Å². The Morgan fingerprint density at radius 1 is 0.960 bits per heavy atom. The summed E-state index contributed by atoms with van der Waals surface area (Å²) >= 11 is 0. The highest BCUT2D eigenvalue weighted by Crippen LogP contribution is 2.32. The second-order valence-corrected chi connectivity index (χ2v) is 5.77. The molecule has 1 N–H and O–H groups in total. The summed E-state index contributed by atoms with van der Waals surface area (Å²) < 4.78 is 11.4. The van der Waals surface area contributed by atoms with E-state index >= 15 is 0 Å². The molecule has 0 amide bonds. The molecule has 4 rings (SSSR count). The molecule has 0 saturated carbocycles. The molecule has 25 heavy (non-hydrogen) atoms. The molecule has 0 fully saturated rings. The van der Waals surface area contributed by atoms with E-state index in [1.165, 1.54) is 0 Å². The Kier molecular flexibility index (Phi) is 3.82. The highest BCUT2D eigenvalue weighted by Gasteiger charge is 2.14. The standard InChI is InChI=1S/C20H16N2O3/c1-13-6-2-5-9-18(13)24-12-19-21-22-20(25-19)16-10-14-7-3-4-8-15(14)11-17(16)23/h2-11,23H,12H2,1H3. The number of rotatable bonds is 4.